The summed E-state index contributed by atoms with van der Waals surface area (Å²) in [5.41, 5.74) is 1.28. The molecule has 124 valence electrons. The number of benzene rings is 2. The molecule has 0 radical (unpaired) electrons. The first-order valence-corrected chi connectivity index (χ1v) is 8.48. The summed E-state index contributed by atoms with van der Waals surface area (Å²) in [7, 11) is 0. The summed E-state index contributed by atoms with van der Waals surface area (Å²) in [4.78, 5) is 26.2. The Balaban J connectivity index is 1.80. The van der Waals surface area contributed by atoms with Gasteiger partial charge in [0.25, 0.3) is 11.1 Å². The topological polar surface area (TPSA) is 46.6 Å². The number of rotatable bonds is 4. The molecular formula is C19H12ClNO3S. The van der Waals surface area contributed by atoms with Crippen molar-refractivity contribution in [2.45, 2.75) is 0 Å². The molecule has 0 bridgehead atoms. The molecule has 0 aromatic heterocycles. The van der Waals surface area contributed by atoms with Gasteiger partial charge in [-0.2, -0.15) is 0 Å². The summed E-state index contributed by atoms with van der Waals surface area (Å²) in [5, 5.41) is 0.200. The molecule has 3 rings (SSSR count). The van der Waals surface area contributed by atoms with Crippen LogP contribution < -0.4 is 9.64 Å². The molecule has 2 amide bonds. The monoisotopic (exact) mass is 369 g/mol. The minimum absolute atomic E-state index is 0.194. The minimum Gasteiger partial charge on any atom is -0.481 e. The predicted octanol–water partition coefficient (Wildman–Crippen LogP) is 4.59. The van der Waals surface area contributed by atoms with Crippen molar-refractivity contribution in [2.24, 2.45) is 0 Å². The van der Waals surface area contributed by atoms with Crippen LogP contribution in [0.2, 0.25) is 5.02 Å². The van der Waals surface area contributed by atoms with Gasteiger partial charge in [-0.15, -0.1) is 6.42 Å². The zero-order valence-electron chi connectivity index (χ0n) is 12.9. The number of thioether (sulfide) groups is 1. The van der Waals surface area contributed by atoms with Crippen molar-refractivity contribution in [3.05, 3.63) is 64.0 Å². The Labute approximate surface area is 154 Å². The van der Waals surface area contributed by atoms with E-state index in [-0.39, 0.29) is 17.8 Å². The molecule has 1 heterocycles. The van der Waals surface area contributed by atoms with Crippen molar-refractivity contribution in [3.63, 3.8) is 0 Å². The number of imide groups is 1. The standard InChI is InChI=1S/C19H12ClNO3S/c1-2-11-24-16-9-3-13(4-10-16)12-17-18(22)21(19(23)25-17)15-7-5-14(20)6-8-15/h1,3-10,12H,11H2. The third kappa shape index (κ3) is 3.87. The van der Waals surface area contributed by atoms with Crippen LogP contribution >= 0.6 is 23.4 Å². The predicted molar refractivity (Wildman–Crippen MR) is 101 cm³/mol. The smallest absolute Gasteiger partial charge is 0.298 e. The molecule has 6 heteroatoms. The molecule has 1 aliphatic heterocycles. The number of halogens is 1. The van der Waals surface area contributed by atoms with Crippen molar-refractivity contribution in [1.29, 1.82) is 0 Å². The fourth-order valence-corrected chi connectivity index (χ4v) is 3.18. The van der Waals surface area contributed by atoms with E-state index in [2.05, 4.69) is 5.92 Å². The number of carbonyl (C=O) groups is 2. The summed E-state index contributed by atoms with van der Waals surface area (Å²) in [5.74, 6) is 2.68. The van der Waals surface area contributed by atoms with E-state index in [1.807, 2.05) is 0 Å². The first kappa shape index (κ1) is 17.2. The van der Waals surface area contributed by atoms with Crippen molar-refractivity contribution in [1.82, 2.24) is 0 Å². The second-order valence-electron chi connectivity index (χ2n) is 5.06. The first-order chi connectivity index (χ1) is 12.1. The van der Waals surface area contributed by atoms with E-state index in [4.69, 9.17) is 22.8 Å². The highest BCUT2D eigenvalue weighted by Gasteiger charge is 2.36. The summed E-state index contributed by atoms with van der Waals surface area (Å²) in [6.45, 7) is 0.194. The van der Waals surface area contributed by atoms with E-state index >= 15 is 0 Å². The van der Waals surface area contributed by atoms with Gasteiger partial charge in [-0.1, -0.05) is 29.7 Å². The van der Waals surface area contributed by atoms with Gasteiger partial charge in [-0.25, -0.2) is 4.90 Å². The number of ether oxygens (including phenoxy) is 1. The van der Waals surface area contributed by atoms with Crippen molar-refractivity contribution in [3.8, 4) is 18.1 Å². The van der Waals surface area contributed by atoms with Crippen molar-refractivity contribution in [2.75, 3.05) is 11.5 Å². The number of amides is 2. The van der Waals surface area contributed by atoms with Crippen LogP contribution in [0.25, 0.3) is 6.08 Å². The molecule has 0 atom stereocenters. The van der Waals surface area contributed by atoms with Gasteiger partial charge in [-0.3, -0.25) is 9.59 Å². The van der Waals surface area contributed by atoms with E-state index in [1.165, 1.54) is 0 Å². The van der Waals surface area contributed by atoms with Crippen molar-refractivity contribution >= 4 is 46.3 Å². The Morgan fingerprint density at radius 2 is 1.80 bits per heavy atom. The van der Waals surface area contributed by atoms with Gasteiger partial charge in [0.05, 0.1) is 10.6 Å². The highest BCUT2D eigenvalue weighted by atomic mass is 35.5. The molecule has 0 saturated carbocycles. The van der Waals surface area contributed by atoms with Gasteiger partial charge in [-0.05, 0) is 59.8 Å². The lowest BCUT2D eigenvalue weighted by atomic mass is 10.2. The zero-order valence-corrected chi connectivity index (χ0v) is 14.5. The molecule has 4 nitrogen and oxygen atoms in total. The summed E-state index contributed by atoms with van der Waals surface area (Å²) in [6.07, 6.45) is 6.82. The van der Waals surface area contributed by atoms with Crippen LogP contribution in [-0.4, -0.2) is 17.8 Å². The zero-order chi connectivity index (χ0) is 17.8. The molecule has 25 heavy (non-hydrogen) atoms. The maximum atomic E-state index is 12.6. The van der Waals surface area contributed by atoms with E-state index < -0.39 is 0 Å². The molecule has 2 aromatic rings. The van der Waals surface area contributed by atoms with E-state index in [9.17, 15) is 9.59 Å². The van der Waals surface area contributed by atoms with E-state index in [0.717, 1.165) is 22.2 Å². The van der Waals surface area contributed by atoms with Gasteiger partial charge in [0, 0.05) is 5.02 Å². The second-order valence-corrected chi connectivity index (χ2v) is 6.48. The second kappa shape index (κ2) is 7.47. The lowest BCUT2D eigenvalue weighted by Crippen LogP contribution is -2.27. The Morgan fingerprint density at radius 3 is 2.44 bits per heavy atom. The van der Waals surface area contributed by atoms with Gasteiger partial charge in [0.1, 0.15) is 12.4 Å². The highest BCUT2D eigenvalue weighted by molar-refractivity contribution is 8.19. The number of hydrogen-bond donors (Lipinski definition) is 0. The normalized spacial score (nSPS) is 15.5. The minimum atomic E-state index is -0.356. The molecule has 0 N–H and O–H groups in total. The van der Waals surface area contributed by atoms with Crippen LogP contribution in [-0.2, 0) is 4.79 Å². The maximum Gasteiger partial charge on any atom is 0.298 e. The van der Waals surface area contributed by atoms with E-state index in [1.54, 1.807) is 54.6 Å². The van der Waals surface area contributed by atoms with Gasteiger partial charge in [0.15, 0.2) is 0 Å². The highest BCUT2D eigenvalue weighted by Crippen LogP contribution is 2.36. The molecule has 1 aliphatic rings. The molecule has 1 saturated heterocycles. The SMILES string of the molecule is C#CCOc1ccc(C=C2SC(=O)N(c3ccc(Cl)cc3)C2=O)cc1. The Kier molecular flexibility index (Phi) is 5.13. The summed E-state index contributed by atoms with van der Waals surface area (Å²) in [6, 6.07) is 13.7. The molecule has 0 spiro atoms. The molecule has 1 fully saturated rings. The molecule has 0 unspecified atom stereocenters. The van der Waals surface area contributed by atoms with Gasteiger partial charge >= 0.3 is 0 Å². The molecule has 0 aliphatic carbocycles. The van der Waals surface area contributed by atoms with Crippen LogP contribution in [0.3, 0.4) is 0 Å². The van der Waals surface area contributed by atoms with Crippen LogP contribution in [0.15, 0.2) is 53.4 Å². The fraction of sp³-hybridized carbons (Fsp3) is 0.0526. The quantitative estimate of drug-likeness (QED) is 0.584. The molecular weight excluding hydrogens is 358 g/mol. The first-order valence-electron chi connectivity index (χ1n) is 7.28. The average Bonchev–Trinajstić information content (AvgIpc) is 2.89. The Hall–Kier alpha value is -2.68. The third-order valence-corrected chi connectivity index (χ3v) is 4.50. The number of carbonyl (C=O) groups excluding carboxylic acids is 2. The lowest BCUT2D eigenvalue weighted by molar-refractivity contribution is -0.113. The lowest BCUT2D eigenvalue weighted by Gasteiger charge is -2.12. The average molecular weight is 370 g/mol. The summed E-state index contributed by atoms with van der Waals surface area (Å²) >= 11 is 6.75. The molecule has 2 aromatic carbocycles. The Morgan fingerprint density at radius 1 is 1.12 bits per heavy atom. The van der Waals surface area contributed by atoms with E-state index in [0.29, 0.717) is 21.4 Å². The van der Waals surface area contributed by atoms with Crippen molar-refractivity contribution < 1.29 is 14.3 Å². The fourth-order valence-electron chi connectivity index (χ4n) is 2.22. The van der Waals surface area contributed by atoms with Crippen LogP contribution in [0.1, 0.15) is 5.56 Å². The maximum absolute atomic E-state index is 12.6. The van der Waals surface area contributed by atoms with Crippen LogP contribution in [0.5, 0.6) is 5.75 Å². The Bertz CT molecular complexity index is 882. The number of anilines is 1. The van der Waals surface area contributed by atoms with Crippen LogP contribution in [0.4, 0.5) is 10.5 Å². The number of terminal acetylenes is 1. The van der Waals surface area contributed by atoms with Gasteiger partial charge < -0.3 is 4.74 Å². The number of nitrogens with zero attached hydrogens (tertiary/aromatic N) is 1. The third-order valence-electron chi connectivity index (χ3n) is 3.38. The van der Waals surface area contributed by atoms with Crippen LogP contribution in [0, 0.1) is 12.3 Å². The summed E-state index contributed by atoms with van der Waals surface area (Å²) < 4.78 is 5.30. The van der Waals surface area contributed by atoms with Gasteiger partial charge in [0.2, 0.25) is 0 Å². The largest absolute Gasteiger partial charge is 0.481 e. The number of hydrogen-bond acceptors (Lipinski definition) is 4.